The Morgan fingerprint density at radius 1 is 0.364 bits per heavy atom. The van der Waals surface area contributed by atoms with Gasteiger partial charge >= 0.3 is 0 Å². The Morgan fingerprint density at radius 2 is 0.773 bits per heavy atom. The minimum absolute atomic E-state index is 0.623. The summed E-state index contributed by atoms with van der Waals surface area (Å²) in [5, 5.41) is 4.28. The maximum atomic E-state index is 6.19. The summed E-state index contributed by atoms with van der Waals surface area (Å²) in [6.45, 7) is 0. The predicted molar refractivity (Wildman–Crippen MR) is 174 cm³/mol. The zero-order chi connectivity index (χ0) is 29.0. The number of para-hydroxylation sites is 4. The molecule has 0 aliphatic carbocycles. The summed E-state index contributed by atoms with van der Waals surface area (Å²) in [4.78, 5) is 18.9. The molecule has 9 aromatic rings. The molecule has 4 aromatic heterocycles. The van der Waals surface area contributed by atoms with Gasteiger partial charge in [-0.15, -0.1) is 0 Å². The molecule has 0 radical (unpaired) electrons. The molecule has 0 fully saturated rings. The molecule has 5 aromatic carbocycles. The average Bonchev–Trinajstić information content (AvgIpc) is 3.67. The van der Waals surface area contributed by atoms with Crippen LogP contribution in [0, 0.1) is 0 Å². The fraction of sp³-hybridized carbons (Fsp3) is 0. The largest absolute Gasteiger partial charge is 0.455 e. The molecular formula is C38H22N4O2. The molecule has 0 saturated heterocycles. The second-order valence-electron chi connectivity index (χ2n) is 10.7. The lowest BCUT2D eigenvalue weighted by Crippen LogP contribution is -1.92. The van der Waals surface area contributed by atoms with Gasteiger partial charge in [-0.25, -0.2) is 19.9 Å². The molecule has 0 N–H and O–H groups in total. The molecule has 0 atom stereocenters. The van der Waals surface area contributed by atoms with Gasteiger partial charge in [0.15, 0.2) is 11.6 Å². The average molecular weight is 567 g/mol. The molecule has 0 aliphatic heterocycles. The van der Waals surface area contributed by atoms with Gasteiger partial charge in [-0.1, -0.05) is 78.9 Å². The maximum absolute atomic E-state index is 6.19. The number of benzene rings is 5. The second-order valence-corrected chi connectivity index (χ2v) is 10.7. The third-order valence-electron chi connectivity index (χ3n) is 8.12. The molecule has 9 rings (SSSR count). The van der Waals surface area contributed by atoms with E-state index in [-0.39, 0.29) is 0 Å². The highest BCUT2D eigenvalue weighted by molar-refractivity contribution is 6.10. The van der Waals surface area contributed by atoms with E-state index in [1.165, 1.54) is 0 Å². The van der Waals surface area contributed by atoms with Crippen LogP contribution in [0.2, 0.25) is 0 Å². The molecule has 0 unspecified atom stereocenters. The van der Waals surface area contributed by atoms with Gasteiger partial charge in [-0.05, 0) is 41.5 Å². The van der Waals surface area contributed by atoms with E-state index in [1.807, 2.05) is 91.5 Å². The summed E-state index contributed by atoms with van der Waals surface area (Å²) in [5.41, 5.74) is 8.89. The molecule has 6 nitrogen and oxygen atoms in total. The van der Waals surface area contributed by atoms with Crippen molar-refractivity contribution in [3.05, 3.63) is 134 Å². The number of hydrogen-bond acceptors (Lipinski definition) is 6. The van der Waals surface area contributed by atoms with Crippen LogP contribution in [0.3, 0.4) is 0 Å². The van der Waals surface area contributed by atoms with Crippen LogP contribution >= 0.6 is 0 Å². The van der Waals surface area contributed by atoms with Gasteiger partial charge in [0.25, 0.3) is 0 Å². The van der Waals surface area contributed by atoms with Gasteiger partial charge in [0.2, 0.25) is 0 Å². The van der Waals surface area contributed by atoms with E-state index in [4.69, 9.17) is 28.8 Å². The summed E-state index contributed by atoms with van der Waals surface area (Å²) in [7, 11) is 0. The van der Waals surface area contributed by atoms with E-state index in [1.54, 1.807) is 0 Å². The van der Waals surface area contributed by atoms with Crippen LogP contribution in [-0.2, 0) is 0 Å². The van der Waals surface area contributed by atoms with Gasteiger partial charge in [0.05, 0.1) is 11.1 Å². The fourth-order valence-corrected chi connectivity index (χ4v) is 5.96. The Morgan fingerprint density at radius 3 is 1.25 bits per heavy atom. The van der Waals surface area contributed by atoms with Crippen molar-refractivity contribution in [2.75, 3.05) is 0 Å². The molecule has 44 heavy (non-hydrogen) atoms. The van der Waals surface area contributed by atoms with Crippen molar-refractivity contribution in [3.8, 4) is 45.0 Å². The number of aromatic nitrogens is 4. The van der Waals surface area contributed by atoms with E-state index < -0.39 is 0 Å². The first-order valence-electron chi connectivity index (χ1n) is 14.4. The van der Waals surface area contributed by atoms with Gasteiger partial charge in [-0.3, -0.25) is 0 Å². The zero-order valence-electron chi connectivity index (χ0n) is 23.3. The fourth-order valence-electron chi connectivity index (χ4n) is 5.96. The van der Waals surface area contributed by atoms with Crippen molar-refractivity contribution in [2.24, 2.45) is 0 Å². The van der Waals surface area contributed by atoms with Crippen LogP contribution in [0.4, 0.5) is 0 Å². The highest BCUT2D eigenvalue weighted by atomic mass is 16.3. The van der Waals surface area contributed by atoms with E-state index in [0.717, 1.165) is 77.3 Å². The summed E-state index contributed by atoms with van der Waals surface area (Å²) in [6.07, 6.45) is 7.43. The summed E-state index contributed by atoms with van der Waals surface area (Å²) >= 11 is 0. The lowest BCUT2D eigenvalue weighted by Gasteiger charge is -2.07. The van der Waals surface area contributed by atoms with Gasteiger partial charge in [-0.2, -0.15) is 0 Å². The molecule has 0 spiro atoms. The number of rotatable bonds is 4. The van der Waals surface area contributed by atoms with Gasteiger partial charge in [0.1, 0.15) is 22.3 Å². The molecule has 0 aliphatic rings. The lowest BCUT2D eigenvalue weighted by atomic mass is 10.0. The van der Waals surface area contributed by atoms with E-state index in [2.05, 4.69) is 42.5 Å². The standard InChI is InChI=1S/C38H22N4O2/c1-3-16-33-27(10-1)29-12-6-14-31(35(29)43-33)37-39-19-25(20-40-37)23-8-5-9-24(18-23)26-21-41-38(42-22-26)32-15-7-13-30-28-11-2-4-17-34(28)44-36(30)32/h1-22H. The predicted octanol–water partition coefficient (Wildman–Crippen LogP) is 9.73. The SMILES string of the molecule is c1cc(-c2cnc(-c3cccc4c3oc3ccccc34)nc2)cc(-c2cnc(-c3cccc4c3oc3ccccc34)nc2)c1. The van der Waals surface area contributed by atoms with Crippen LogP contribution in [0.5, 0.6) is 0 Å². The Hall–Kier alpha value is -6.14. The Labute approximate surface area is 251 Å². The molecule has 0 bridgehead atoms. The Bertz CT molecular complexity index is 2320. The van der Waals surface area contributed by atoms with E-state index in [9.17, 15) is 0 Å². The van der Waals surface area contributed by atoms with Crippen molar-refractivity contribution in [1.82, 2.24) is 19.9 Å². The highest BCUT2D eigenvalue weighted by Crippen LogP contribution is 2.36. The lowest BCUT2D eigenvalue weighted by molar-refractivity contribution is 0.669. The molecular weight excluding hydrogens is 544 g/mol. The maximum Gasteiger partial charge on any atom is 0.162 e. The number of furan rings is 2. The number of nitrogens with zero attached hydrogens (tertiary/aromatic N) is 4. The molecule has 206 valence electrons. The van der Waals surface area contributed by atoms with Crippen molar-refractivity contribution in [2.45, 2.75) is 0 Å². The Balaban J connectivity index is 1.03. The summed E-state index contributed by atoms with van der Waals surface area (Å²) < 4.78 is 12.4. The van der Waals surface area contributed by atoms with E-state index >= 15 is 0 Å². The van der Waals surface area contributed by atoms with Crippen LogP contribution in [0.1, 0.15) is 0 Å². The van der Waals surface area contributed by atoms with Crippen molar-refractivity contribution in [1.29, 1.82) is 0 Å². The first-order valence-corrected chi connectivity index (χ1v) is 14.4. The minimum Gasteiger partial charge on any atom is -0.455 e. The molecule has 0 saturated carbocycles. The number of fused-ring (bicyclic) bond motifs is 6. The molecule has 6 heteroatoms. The topological polar surface area (TPSA) is 77.8 Å². The van der Waals surface area contributed by atoms with Crippen molar-refractivity contribution < 1.29 is 8.83 Å². The normalized spacial score (nSPS) is 11.6. The Kier molecular flexibility index (Phi) is 5.40. The van der Waals surface area contributed by atoms with Crippen LogP contribution in [0.15, 0.2) is 143 Å². The minimum atomic E-state index is 0.623. The molecule has 4 heterocycles. The monoisotopic (exact) mass is 566 g/mol. The molecule has 0 amide bonds. The number of hydrogen-bond donors (Lipinski definition) is 0. The second kappa shape index (κ2) is 9.71. The van der Waals surface area contributed by atoms with E-state index in [0.29, 0.717) is 11.6 Å². The third-order valence-corrected chi connectivity index (χ3v) is 8.12. The first-order chi connectivity index (χ1) is 21.8. The first kappa shape index (κ1) is 24.5. The highest BCUT2D eigenvalue weighted by Gasteiger charge is 2.15. The van der Waals surface area contributed by atoms with Crippen molar-refractivity contribution in [3.63, 3.8) is 0 Å². The zero-order valence-corrected chi connectivity index (χ0v) is 23.3. The van der Waals surface area contributed by atoms with Crippen LogP contribution in [0.25, 0.3) is 88.9 Å². The van der Waals surface area contributed by atoms with Crippen LogP contribution in [-0.4, -0.2) is 19.9 Å². The van der Waals surface area contributed by atoms with Gasteiger partial charge < -0.3 is 8.83 Å². The summed E-state index contributed by atoms with van der Waals surface area (Å²) in [5.74, 6) is 1.25. The van der Waals surface area contributed by atoms with Gasteiger partial charge in [0, 0.05) is 57.5 Å². The third kappa shape index (κ3) is 3.89. The van der Waals surface area contributed by atoms with Crippen LogP contribution < -0.4 is 0 Å². The smallest absolute Gasteiger partial charge is 0.162 e. The summed E-state index contributed by atoms with van der Waals surface area (Å²) in [6, 6.07) is 36.5. The van der Waals surface area contributed by atoms with Crippen molar-refractivity contribution >= 4 is 43.9 Å². The quantitative estimate of drug-likeness (QED) is 0.211.